The van der Waals surface area contributed by atoms with Crippen LogP contribution in [0.3, 0.4) is 0 Å². The summed E-state index contributed by atoms with van der Waals surface area (Å²) in [4.78, 5) is 0. The van der Waals surface area contributed by atoms with Crippen molar-refractivity contribution in [2.24, 2.45) is 0 Å². The predicted molar refractivity (Wildman–Crippen MR) is 61.7 cm³/mol. The summed E-state index contributed by atoms with van der Waals surface area (Å²) < 4.78 is 6.07. The van der Waals surface area contributed by atoms with E-state index in [1.165, 1.54) is 11.1 Å². The van der Waals surface area contributed by atoms with Gasteiger partial charge in [-0.3, -0.25) is 5.32 Å². The van der Waals surface area contributed by atoms with E-state index < -0.39 is 0 Å². The molecule has 1 atom stereocenters. The molecule has 0 radical (unpaired) electrons. The second-order valence-corrected chi connectivity index (χ2v) is 5.12. The van der Waals surface area contributed by atoms with Gasteiger partial charge in [0, 0.05) is 6.54 Å². The Morgan fingerprint density at radius 2 is 2.00 bits per heavy atom. The van der Waals surface area contributed by atoms with Gasteiger partial charge < -0.3 is 4.74 Å². The van der Waals surface area contributed by atoms with Crippen LogP contribution in [-0.4, -0.2) is 12.1 Å². The molecule has 0 saturated carbocycles. The average Bonchev–Trinajstić information content (AvgIpc) is 2.42. The molecule has 1 heterocycles. The topological polar surface area (TPSA) is 21.3 Å². The second kappa shape index (κ2) is 3.32. The van der Waals surface area contributed by atoms with Gasteiger partial charge in [0.25, 0.3) is 0 Å². The second-order valence-electron chi connectivity index (χ2n) is 5.12. The molecule has 1 aliphatic heterocycles. The Kier molecular flexibility index (Phi) is 2.36. The molecule has 1 unspecified atom stereocenters. The van der Waals surface area contributed by atoms with Crippen molar-refractivity contribution in [3.05, 3.63) is 35.4 Å². The fourth-order valence-electron chi connectivity index (χ4n) is 2.11. The molecule has 1 aliphatic rings. The highest BCUT2D eigenvalue weighted by molar-refractivity contribution is 5.27. The van der Waals surface area contributed by atoms with Gasteiger partial charge in [-0.25, -0.2) is 0 Å². The monoisotopic (exact) mass is 205 g/mol. The Hall–Kier alpha value is -0.860. The first-order valence-electron chi connectivity index (χ1n) is 5.44. The minimum atomic E-state index is -0.338. The van der Waals surface area contributed by atoms with Crippen LogP contribution in [-0.2, 0) is 10.5 Å². The lowest BCUT2D eigenvalue weighted by Crippen LogP contribution is -2.34. The van der Waals surface area contributed by atoms with E-state index >= 15 is 0 Å². The summed E-state index contributed by atoms with van der Waals surface area (Å²) in [6, 6.07) is 8.47. The van der Waals surface area contributed by atoms with Crippen molar-refractivity contribution >= 4 is 0 Å². The smallest absolute Gasteiger partial charge is 0.143 e. The van der Waals surface area contributed by atoms with Gasteiger partial charge in [0.05, 0.1) is 5.60 Å². The zero-order valence-corrected chi connectivity index (χ0v) is 9.92. The first kappa shape index (κ1) is 10.7. The molecule has 1 N–H and O–H groups in total. The molecular weight excluding hydrogens is 186 g/mol. The zero-order chi connectivity index (χ0) is 11.1. The molecule has 1 saturated heterocycles. The highest BCUT2D eigenvalue weighted by atomic mass is 16.5. The molecule has 1 fully saturated rings. The van der Waals surface area contributed by atoms with Crippen LogP contribution < -0.4 is 5.32 Å². The lowest BCUT2D eigenvalue weighted by Gasteiger charge is -2.27. The van der Waals surface area contributed by atoms with E-state index in [1.54, 1.807) is 0 Å². The lowest BCUT2D eigenvalue weighted by molar-refractivity contribution is -0.0839. The van der Waals surface area contributed by atoms with Crippen molar-refractivity contribution in [3.8, 4) is 0 Å². The summed E-state index contributed by atoms with van der Waals surface area (Å²) in [5, 5.41) is 3.44. The van der Waals surface area contributed by atoms with Crippen molar-refractivity contribution in [1.29, 1.82) is 0 Å². The lowest BCUT2D eigenvalue weighted by atomic mass is 10.0. The molecule has 15 heavy (non-hydrogen) atoms. The van der Waals surface area contributed by atoms with E-state index in [2.05, 4.69) is 57.3 Å². The zero-order valence-electron chi connectivity index (χ0n) is 9.92. The summed E-state index contributed by atoms with van der Waals surface area (Å²) in [7, 11) is 0. The number of ether oxygens (including phenoxy) is 1. The molecule has 1 aromatic carbocycles. The van der Waals surface area contributed by atoms with E-state index in [1.807, 2.05) is 0 Å². The molecule has 0 aromatic heterocycles. The molecule has 2 nitrogen and oxygen atoms in total. The average molecular weight is 205 g/mol. The van der Waals surface area contributed by atoms with Crippen molar-refractivity contribution < 1.29 is 4.74 Å². The van der Waals surface area contributed by atoms with E-state index in [4.69, 9.17) is 4.74 Å². The van der Waals surface area contributed by atoms with Crippen LogP contribution in [0.2, 0.25) is 0 Å². The number of rotatable bonds is 1. The number of nitrogens with one attached hydrogen (secondary N) is 1. The first-order chi connectivity index (χ1) is 6.91. The Bertz CT molecular complexity index is 373. The summed E-state index contributed by atoms with van der Waals surface area (Å²) >= 11 is 0. The van der Waals surface area contributed by atoms with Gasteiger partial charge in [-0.2, -0.15) is 0 Å². The van der Waals surface area contributed by atoms with Crippen molar-refractivity contribution in [2.75, 3.05) is 6.54 Å². The third-order valence-electron chi connectivity index (χ3n) is 2.90. The standard InChI is InChI=1S/C13H19NO/c1-10-6-5-7-11(8-10)13(4)14-9-12(2,3)15-13/h5-8,14H,9H2,1-4H3. The molecule has 0 spiro atoms. The molecule has 0 bridgehead atoms. The summed E-state index contributed by atoms with van der Waals surface area (Å²) in [5.41, 5.74) is 2.05. The van der Waals surface area contributed by atoms with Gasteiger partial charge in [-0.1, -0.05) is 29.8 Å². The van der Waals surface area contributed by atoms with E-state index in [9.17, 15) is 0 Å². The maximum Gasteiger partial charge on any atom is 0.143 e. The van der Waals surface area contributed by atoms with Crippen LogP contribution in [0.25, 0.3) is 0 Å². The fourth-order valence-corrected chi connectivity index (χ4v) is 2.11. The normalized spacial score (nSPS) is 29.3. The highest BCUT2D eigenvalue weighted by Crippen LogP contribution is 2.33. The van der Waals surface area contributed by atoms with Crippen LogP contribution >= 0.6 is 0 Å². The van der Waals surface area contributed by atoms with Crippen LogP contribution in [0.1, 0.15) is 31.9 Å². The van der Waals surface area contributed by atoms with Crippen LogP contribution in [0.4, 0.5) is 0 Å². The van der Waals surface area contributed by atoms with E-state index in [0.717, 1.165) is 6.54 Å². The number of benzene rings is 1. The molecule has 0 aliphatic carbocycles. The SMILES string of the molecule is Cc1cccc(C2(C)NCC(C)(C)O2)c1. The number of aryl methyl sites for hydroxylation is 1. The summed E-state index contributed by atoms with van der Waals surface area (Å²) in [5.74, 6) is 0. The fraction of sp³-hybridized carbons (Fsp3) is 0.538. The van der Waals surface area contributed by atoms with Gasteiger partial charge in [-0.05, 0) is 33.3 Å². The van der Waals surface area contributed by atoms with Crippen LogP contribution in [0.5, 0.6) is 0 Å². The Balaban J connectivity index is 2.31. The van der Waals surface area contributed by atoms with Gasteiger partial charge in [0.2, 0.25) is 0 Å². The van der Waals surface area contributed by atoms with Crippen molar-refractivity contribution in [3.63, 3.8) is 0 Å². The van der Waals surface area contributed by atoms with Gasteiger partial charge in [0.15, 0.2) is 0 Å². The van der Waals surface area contributed by atoms with E-state index in [0.29, 0.717) is 0 Å². The predicted octanol–water partition coefficient (Wildman–Crippen LogP) is 2.57. The number of hydrogen-bond donors (Lipinski definition) is 1. The van der Waals surface area contributed by atoms with Crippen molar-refractivity contribution in [1.82, 2.24) is 5.32 Å². The number of hydrogen-bond acceptors (Lipinski definition) is 2. The Morgan fingerprint density at radius 3 is 2.53 bits per heavy atom. The third kappa shape index (κ3) is 2.06. The van der Waals surface area contributed by atoms with Gasteiger partial charge in [0.1, 0.15) is 5.72 Å². The van der Waals surface area contributed by atoms with Crippen LogP contribution in [0.15, 0.2) is 24.3 Å². The summed E-state index contributed by atoms with van der Waals surface area (Å²) in [6.07, 6.45) is 0. The molecule has 2 heteroatoms. The van der Waals surface area contributed by atoms with E-state index in [-0.39, 0.29) is 11.3 Å². The van der Waals surface area contributed by atoms with Gasteiger partial charge >= 0.3 is 0 Å². The van der Waals surface area contributed by atoms with Gasteiger partial charge in [-0.15, -0.1) is 0 Å². The first-order valence-corrected chi connectivity index (χ1v) is 5.44. The molecule has 1 aromatic rings. The van der Waals surface area contributed by atoms with Crippen LogP contribution in [0, 0.1) is 6.92 Å². The molecule has 82 valence electrons. The minimum absolute atomic E-state index is 0.0848. The Morgan fingerprint density at radius 1 is 1.27 bits per heavy atom. The summed E-state index contributed by atoms with van der Waals surface area (Å²) in [6.45, 7) is 9.31. The van der Waals surface area contributed by atoms with Crippen molar-refractivity contribution in [2.45, 2.75) is 39.0 Å². The molecular formula is C13H19NO. The molecule has 0 amide bonds. The third-order valence-corrected chi connectivity index (χ3v) is 2.90. The maximum absolute atomic E-state index is 6.07. The minimum Gasteiger partial charge on any atom is -0.349 e. The highest BCUT2D eigenvalue weighted by Gasteiger charge is 2.41. The maximum atomic E-state index is 6.07. The quantitative estimate of drug-likeness (QED) is 0.760. The molecule has 2 rings (SSSR count). The largest absolute Gasteiger partial charge is 0.349 e. The Labute approximate surface area is 91.6 Å².